The molecule has 1 aromatic carbocycles. The van der Waals surface area contributed by atoms with Gasteiger partial charge in [0, 0.05) is 23.4 Å². The molecule has 1 heterocycles. The molecule has 1 aromatic heterocycles. The zero-order valence-electron chi connectivity index (χ0n) is 10.3. The van der Waals surface area contributed by atoms with Crippen molar-refractivity contribution in [2.45, 2.75) is 6.42 Å². The zero-order chi connectivity index (χ0) is 14.5. The van der Waals surface area contributed by atoms with Crippen molar-refractivity contribution >= 4 is 23.0 Å². The molecule has 2 aromatic rings. The number of nitro groups is 1. The third-order valence-corrected chi connectivity index (χ3v) is 3.53. The maximum absolute atomic E-state index is 11.1. The number of ether oxygens (including phenoxy) is 1. The van der Waals surface area contributed by atoms with Crippen molar-refractivity contribution in [2.24, 2.45) is 0 Å². The van der Waals surface area contributed by atoms with E-state index in [4.69, 9.17) is 9.84 Å². The number of carboxylic acids is 1. The molecule has 0 spiro atoms. The van der Waals surface area contributed by atoms with Crippen LogP contribution in [0, 0.1) is 10.1 Å². The number of hydrogen-bond donors (Lipinski definition) is 1. The van der Waals surface area contributed by atoms with Crippen LogP contribution in [-0.2, 0) is 6.42 Å². The first kappa shape index (κ1) is 14.0. The highest BCUT2D eigenvalue weighted by Gasteiger charge is 2.17. The lowest BCUT2D eigenvalue weighted by atomic mass is 10.2. The lowest BCUT2D eigenvalue weighted by Gasteiger charge is -2.08. The summed E-state index contributed by atoms with van der Waals surface area (Å²) >= 11 is 1.59. The Morgan fingerprint density at radius 2 is 2.20 bits per heavy atom. The Balaban J connectivity index is 2.10. The Bertz CT molecular complexity index is 624. The molecule has 104 valence electrons. The third kappa shape index (κ3) is 3.33. The Morgan fingerprint density at radius 3 is 2.80 bits per heavy atom. The smallest absolute Gasteiger partial charge is 0.339 e. The minimum atomic E-state index is -1.25. The van der Waals surface area contributed by atoms with E-state index in [0.29, 0.717) is 13.0 Å². The Labute approximate surface area is 118 Å². The number of non-ortho nitro benzene ring substituents is 1. The number of benzene rings is 1. The predicted octanol–water partition coefficient (Wildman–Crippen LogP) is 2.98. The van der Waals surface area contributed by atoms with Crippen LogP contribution in [0.25, 0.3) is 0 Å². The van der Waals surface area contributed by atoms with E-state index in [9.17, 15) is 14.9 Å². The highest BCUT2D eigenvalue weighted by Crippen LogP contribution is 2.24. The van der Waals surface area contributed by atoms with Crippen molar-refractivity contribution in [2.75, 3.05) is 6.61 Å². The van der Waals surface area contributed by atoms with Crippen molar-refractivity contribution < 1.29 is 19.6 Å². The van der Waals surface area contributed by atoms with Crippen molar-refractivity contribution in [3.63, 3.8) is 0 Å². The Kier molecular flexibility index (Phi) is 4.31. The summed E-state index contributed by atoms with van der Waals surface area (Å²) in [6, 6.07) is 7.43. The van der Waals surface area contributed by atoms with Gasteiger partial charge in [-0.2, -0.15) is 0 Å². The second kappa shape index (κ2) is 6.16. The molecule has 0 saturated heterocycles. The van der Waals surface area contributed by atoms with Crippen molar-refractivity contribution in [1.82, 2.24) is 0 Å². The average molecular weight is 293 g/mol. The molecule has 0 unspecified atom stereocenters. The summed E-state index contributed by atoms with van der Waals surface area (Å²) in [6.45, 7) is 0.318. The van der Waals surface area contributed by atoms with Gasteiger partial charge in [-0.25, -0.2) is 4.79 Å². The Hall–Kier alpha value is -2.41. The molecule has 0 aliphatic heterocycles. The quantitative estimate of drug-likeness (QED) is 0.653. The molecule has 6 nitrogen and oxygen atoms in total. The van der Waals surface area contributed by atoms with Crippen molar-refractivity contribution in [3.8, 4) is 5.75 Å². The highest BCUT2D eigenvalue weighted by molar-refractivity contribution is 7.09. The number of nitrogens with zero attached hydrogens (tertiary/aromatic N) is 1. The first-order valence-corrected chi connectivity index (χ1v) is 6.63. The minimum absolute atomic E-state index is 0.139. The predicted molar refractivity (Wildman–Crippen MR) is 73.6 cm³/mol. The van der Waals surface area contributed by atoms with Gasteiger partial charge < -0.3 is 9.84 Å². The molecule has 20 heavy (non-hydrogen) atoms. The first-order chi connectivity index (χ1) is 9.58. The summed E-state index contributed by atoms with van der Waals surface area (Å²) in [5.74, 6) is -1.11. The molecule has 7 heteroatoms. The third-order valence-electron chi connectivity index (χ3n) is 2.59. The molecular weight excluding hydrogens is 282 g/mol. The number of carboxylic acid groups (broad SMARTS) is 1. The number of hydrogen-bond acceptors (Lipinski definition) is 5. The molecule has 0 amide bonds. The summed E-state index contributed by atoms with van der Waals surface area (Å²) in [4.78, 5) is 22.2. The van der Waals surface area contributed by atoms with Gasteiger partial charge in [0.15, 0.2) is 0 Å². The van der Waals surface area contributed by atoms with E-state index in [1.54, 1.807) is 11.3 Å². The van der Waals surface area contributed by atoms with Crippen LogP contribution in [0.3, 0.4) is 0 Å². The average Bonchev–Trinajstić information content (AvgIpc) is 2.91. The van der Waals surface area contributed by atoms with Crippen LogP contribution in [0.2, 0.25) is 0 Å². The Morgan fingerprint density at radius 1 is 1.40 bits per heavy atom. The van der Waals surface area contributed by atoms with Crippen LogP contribution in [0.4, 0.5) is 5.69 Å². The molecule has 0 fully saturated rings. The van der Waals surface area contributed by atoms with E-state index in [1.807, 2.05) is 17.5 Å². The maximum Gasteiger partial charge on any atom is 0.339 e. The molecule has 0 atom stereocenters. The normalized spacial score (nSPS) is 10.2. The van der Waals surface area contributed by atoms with Crippen LogP contribution >= 0.6 is 11.3 Å². The molecule has 1 N–H and O–H groups in total. The van der Waals surface area contributed by atoms with Crippen LogP contribution in [0.15, 0.2) is 35.7 Å². The zero-order valence-corrected chi connectivity index (χ0v) is 11.1. The maximum atomic E-state index is 11.1. The van der Waals surface area contributed by atoms with E-state index in [1.165, 1.54) is 12.1 Å². The second-order valence-corrected chi connectivity index (χ2v) is 4.95. The topological polar surface area (TPSA) is 89.7 Å². The fourth-order valence-corrected chi connectivity index (χ4v) is 2.33. The standard InChI is InChI=1S/C13H11NO5S/c15-13(16)11-8-9(14(17)18)3-4-12(11)19-6-5-10-2-1-7-20-10/h1-4,7-8H,5-6H2,(H,15,16). The van der Waals surface area contributed by atoms with Crippen LogP contribution in [0.1, 0.15) is 15.2 Å². The molecule has 0 radical (unpaired) electrons. The van der Waals surface area contributed by atoms with Crippen molar-refractivity contribution in [3.05, 3.63) is 56.3 Å². The monoisotopic (exact) mass is 293 g/mol. The van der Waals surface area contributed by atoms with E-state index in [0.717, 1.165) is 10.9 Å². The van der Waals surface area contributed by atoms with Gasteiger partial charge in [0.25, 0.3) is 5.69 Å². The first-order valence-electron chi connectivity index (χ1n) is 5.75. The number of nitro benzene ring substituents is 1. The number of carbonyl (C=O) groups is 1. The molecule has 2 rings (SSSR count). The number of rotatable bonds is 6. The molecule has 0 aliphatic carbocycles. The van der Waals surface area contributed by atoms with E-state index in [-0.39, 0.29) is 17.0 Å². The summed E-state index contributed by atoms with van der Waals surface area (Å²) in [5.41, 5.74) is -0.474. The number of thiophene rings is 1. The molecule has 0 saturated carbocycles. The fraction of sp³-hybridized carbons (Fsp3) is 0.154. The van der Waals surface area contributed by atoms with Gasteiger partial charge >= 0.3 is 5.97 Å². The number of aromatic carboxylic acids is 1. The van der Waals surface area contributed by atoms with Gasteiger partial charge in [0.05, 0.1) is 11.5 Å². The van der Waals surface area contributed by atoms with Gasteiger partial charge in [-0.05, 0) is 17.5 Å². The molecule has 0 bridgehead atoms. The van der Waals surface area contributed by atoms with Gasteiger partial charge in [-0.3, -0.25) is 10.1 Å². The largest absolute Gasteiger partial charge is 0.492 e. The summed E-state index contributed by atoms with van der Waals surface area (Å²) < 4.78 is 5.41. The summed E-state index contributed by atoms with van der Waals surface area (Å²) in [6.07, 6.45) is 0.660. The van der Waals surface area contributed by atoms with Gasteiger partial charge in [-0.1, -0.05) is 6.07 Å². The summed E-state index contributed by atoms with van der Waals surface area (Å²) in [7, 11) is 0. The van der Waals surface area contributed by atoms with Crippen molar-refractivity contribution in [1.29, 1.82) is 0 Å². The van der Waals surface area contributed by atoms with E-state index in [2.05, 4.69) is 0 Å². The minimum Gasteiger partial charge on any atom is -0.492 e. The SMILES string of the molecule is O=C(O)c1cc([N+](=O)[O-])ccc1OCCc1cccs1. The van der Waals surface area contributed by atoms with Gasteiger partial charge in [0.2, 0.25) is 0 Å². The van der Waals surface area contributed by atoms with Gasteiger partial charge in [-0.15, -0.1) is 11.3 Å². The highest BCUT2D eigenvalue weighted by atomic mass is 32.1. The summed E-state index contributed by atoms with van der Waals surface area (Å²) in [5, 5.41) is 21.6. The van der Waals surface area contributed by atoms with Crippen LogP contribution in [0.5, 0.6) is 5.75 Å². The molecule has 0 aliphatic rings. The van der Waals surface area contributed by atoms with Crippen LogP contribution < -0.4 is 4.74 Å². The fourth-order valence-electron chi connectivity index (χ4n) is 1.64. The van der Waals surface area contributed by atoms with Gasteiger partial charge in [0.1, 0.15) is 11.3 Å². The van der Waals surface area contributed by atoms with Crippen LogP contribution in [-0.4, -0.2) is 22.6 Å². The van der Waals surface area contributed by atoms with E-state index < -0.39 is 10.9 Å². The lowest BCUT2D eigenvalue weighted by Crippen LogP contribution is -2.06. The molecular formula is C13H11NO5S. The van der Waals surface area contributed by atoms with E-state index >= 15 is 0 Å². The second-order valence-electron chi connectivity index (χ2n) is 3.92. The lowest BCUT2D eigenvalue weighted by molar-refractivity contribution is -0.384.